The fourth-order valence-electron chi connectivity index (χ4n) is 4.34. The molecule has 158 valence electrons. The topological polar surface area (TPSA) is 53.9 Å². The molecule has 1 aliphatic rings. The van der Waals surface area contributed by atoms with Gasteiger partial charge < -0.3 is 9.47 Å². The molecule has 2 aromatic heterocycles. The van der Waals surface area contributed by atoms with Gasteiger partial charge in [0.1, 0.15) is 0 Å². The van der Waals surface area contributed by atoms with Gasteiger partial charge in [0.2, 0.25) is 0 Å². The highest BCUT2D eigenvalue weighted by Crippen LogP contribution is 2.35. The minimum Gasteiger partial charge on any atom is -0.371 e. The van der Waals surface area contributed by atoms with E-state index < -0.39 is 5.92 Å². The van der Waals surface area contributed by atoms with Gasteiger partial charge in [0.15, 0.2) is 0 Å². The van der Waals surface area contributed by atoms with Crippen LogP contribution in [0.4, 0.5) is 8.78 Å². The van der Waals surface area contributed by atoms with Crippen molar-refractivity contribution in [2.45, 2.75) is 18.8 Å². The predicted molar refractivity (Wildman–Crippen MR) is 119 cm³/mol. The fourth-order valence-corrected chi connectivity index (χ4v) is 4.34. The van der Waals surface area contributed by atoms with Crippen molar-refractivity contribution in [3.05, 3.63) is 71.3 Å². The van der Waals surface area contributed by atoms with Gasteiger partial charge >= 0.3 is 0 Å². The molecule has 1 fully saturated rings. The maximum absolute atomic E-state index is 13.5. The number of alkyl halides is 2. The zero-order chi connectivity index (χ0) is 21.8. The lowest BCUT2D eigenvalue weighted by molar-refractivity contribution is -0.0450. The summed E-state index contributed by atoms with van der Waals surface area (Å²) in [5, 5.41) is 8.80. The Labute approximate surface area is 177 Å². The smallest absolute Gasteiger partial charge is 0.272 e. The first-order valence-corrected chi connectivity index (χ1v) is 10.2. The van der Waals surface area contributed by atoms with Crippen molar-refractivity contribution in [3.63, 3.8) is 0 Å². The number of halogens is 2. The molecule has 31 heavy (non-hydrogen) atoms. The van der Waals surface area contributed by atoms with Gasteiger partial charge in [0.05, 0.1) is 11.6 Å². The molecule has 1 N–H and O–H groups in total. The van der Waals surface area contributed by atoms with Crippen molar-refractivity contribution in [1.29, 1.82) is 0 Å². The van der Waals surface area contributed by atoms with Crippen LogP contribution in [0.15, 0.2) is 60.2 Å². The summed E-state index contributed by atoms with van der Waals surface area (Å²) in [4.78, 5) is 13.9. The molecule has 0 bridgehead atoms. The maximum atomic E-state index is 13.5. The molecule has 0 spiro atoms. The van der Waals surface area contributed by atoms with Crippen LogP contribution in [-0.2, 0) is 7.05 Å². The van der Waals surface area contributed by atoms with Crippen molar-refractivity contribution in [1.82, 2.24) is 19.7 Å². The number of H-pyrrole nitrogens is 1. The second-order valence-electron chi connectivity index (χ2n) is 8.18. The Balaban J connectivity index is 1.51. The molecule has 3 heterocycles. The van der Waals surface area contributed by atoms with E-state index in [1.165, 1.54) is 0 Å². The highest BCUT2D eigenvalue weighted by atomic mass is 19.3. The lowest BCUT2D eigenvalue weighted by Gasteiger charge is -2.34. The molecule has 1 saturated heterocycles. The Morgan fingerprint density at radius 3 is 2.65 bits per heavy atom. The molecule has 0 atom stereocenters. The van der Waals surface area contributed by atoms with E-state index in [1.807, 2.05) is 46.8 Å². The molecular formula is C24H22F2N4O. The quantitative estimate of drug-likeness (QED) is 0.519. The van der Waals surface area contributed by atoms with Crippen LogP contribution < -0.4 is 5.56 Å². The van der Waals surface area contributed by atoms with Gasteiger partial charge in [0.25, 0.3) is 11.5 Å². The van der Waals surface area contributed by atoms with E-state index >= 15 is 0 Å². The molecular weight excluding hydrogens is 398 g/mol. The number of aromatic nitrogens is 3. The number of rotatable bonds is 3. The second kappa shape index (κ2) is 7.04. The zero-order valence-corrected chi connectivity index (χ0v) is 17.2. The zero-order valence-electron chi connectivity index (χ0n) is 17.2. The first-order chi connectivity index (χ1) is 14.8. The number of nitrogens with one attached hydrogen (secondary N) is 1. The summed E-state index contributed by atoms with van der Waals surface area (Å²) < 4.78 is 29.1. The van der Waals surface area contributed by atoms with Crippen molar-refractivity contribution in [3.8, 4) is 11.1 Å². The van der Waals surface area contributed by atoms with E-state index in [0.717, 1.165) is 38.7 Å². The monoisotopic (exact) mass is 420 g/mol. The third-order valence-corrected chi connectivity index (χ3v) is 6.18. The molecule has 0 radical (unpaired) electrons. The first kappa shape index (κ1) is 19.5. The summed E-state index contributed by atoms with van der Waals surface area (Å²) in [6.07, 6.45) is 3.43. The molecule has 5 rings (SSSR count). The van der Waals surface area contributed by atoms with Crippen LogP contribution in [0.2, 0.25) is 0 Å². The molecule has 4 aromatic rings. The standard InChI is InChI=1S/C24H22F2N4O/c1-15(30-9-7-24(25,26)8-10-30)16-3-6-20-21(14-29(2)22(20)12-16)17-4-5-19-18(11-17)13-27-28-23(19)31/h3-6,11-14H,1,7-10H2,2H3,(H,28,31). The van der Waals surface area contributed by atoms with Crippen LogP contribution in [0, 0.1) is 0 Å². The second-order valence-corrected chi connectivity index (χ2v) is 8.18. The summed E-state index contributed by atoms with van der Waals surface area (Å²) in [7, 11) is 1.98. The lowest BCUT2D eigenvalue weighted by atomic mass is 10.00. The van der Waals surface area contributed by atoms with Gasteiger partial charge in [-0.3, -0.25) is 4.79 Å². The summed E-state index contributed by atoms with van der Waals surface area (Å²) in [5.41, 5.74) is 4.57. The normalized spacial score (nSPS) is 16.2. The van der Waals surface area contributed by atoms with E-state index in [-0.39, 0.29) is 18.4 Å². The van der Waals surface area contributed by atoms with E-state index in [9.17, 15) is 13.6 Å². The molecule has 7 heteroatoms. The van der Waals surface area contributed by atoms with Crippen LogP contribution in [0.3, 0.4) is 0 Å². The van der Waals surface area contributed by atoms with Crippen LogP contribution in [-0.4, -0.2) is 38.7 Å². The number of nitrogens with zero attached hydrogens (tertiary/aromatic N) is 3. The van der Waals surface area contributed by atoms with Crippen LogP contribution in [0.5, 0.6) is 0 Å². The third kappa shape index (κ3) is 3.40. The Bertz CT molecular complexity index is 1380. The molecule has 0 unspecified atom stereocenters. The number of benzene rings is 2. The Kier molecular flexibility index (Phi) is 4.43. The van der Waals surface area contributed by atoms with E-state index in [0.29, 0.717) is 18.5 Å². The number of likely N-dealkylation sites (tertiary alicyclic amines) is 1. The van der Waals surface area contributed by atoms with Crippen LogP contribution in [0.1, 0.15) is 18.4 Å². The highest BCUT2D eigenvalue weighted by molar-refractivity contribution is 5.99. The van der Waals surface area contributed by atoms with Gasteiger partial charge in [-0.25, -0.2) is 13.9 Å². The van der Waals surface area contributed by atoms with Crippen LogP contribution in [0.25, 0.3) is 38.5 Å². The average Bonchev–Trinajstić information content (AvgIpc) is 3.09. The number of hydrogen-bond acceptors (Lipinski definition) is 3. The fraction of sp³-hybridized carbons (Fsp3) is 0.250. The van der Waals surface area contributed by atoms with E-state index in [2.05, 4.69) is 29.0 Å². The lowest BCUT2D eigenvalue weighted by Crippen LogP contribution is -2.38. The average molecular weight is 420 g/mol. The molecule has 0 saturated carbocycles. The maximum Gasteiger partial charge on any atom is 0.272 e. The Morgan fingerprint density at radius 2 is 1.87 bits per heavy atom. The third-order valence-electron chi connectivity index (χ3n) is 6.18. The van der Waals surface area contributed by atoms with Crippen molar-refractivity contribution < 1.29 is 8.78 Å². The van der Waals surface area contributed by atoms with Crippen molar-refractivity contribution in [2.24, 2.45) is 7.05 Å². The molecule has 0 amide bonds. The van der Waals surface area contributed by atoms with Crippen molar-refractivity contribution in [2.75, 3.05) is 13.1 Å². The molecule has 0 aliphatic carbocycles. The largest absolute Gasteiger partial charge is 0.371 e. The summed E-state index contributed by atoms with van der Waals surface area (Å²) in [5.74, 6) is -2.58. The number of fused-ring (bicyclic) bond motifs is 2. The summed E-state index contributed by atoms with van der Waals surface area (Å²) in [6.45, 7) is 4.80. The minimum atomic E-state index is -2.58. The van der Waals surface area contributed by atoms with Gasteiger partial charge in [-0.2, -0.15) is 5.10 Å². The van der Waals surface area contributed by atoms with E-state index in [4.69, 9.17) is 0 Å². The Hall–Kier alpha value is -3.48. The van der Waals surface area contributed by atoms with Crippen LogP contribution >= 0.6 is 0 Å². The number of aryl methyl sites for hydroxylation is 1. The number of aromatic amines is 1. The molecule has 1 aliphatic heterocycles. The van der Waals surface area contributed by atoms with Gasteiger partial charge in [-0.15, -0.1) is 0 Å². The van der Waals surface area contributed by atoms with E-state index in [1.54, 1.807) is 6.20 Å². The predicted octanol–water partition coefficient (Wildman–Crippen LogP) is 4.78. The minimum absolute atomic E-state index is 0.137. The number of hydrogen-bond donors (Lipinski definition) is 1. The summed E-state index contributed by atoms with van der Waals surface area (Å²) in [6, 6.07) is 11.8. The first-order valence-electron chi connectivity index (χ1n) is 10.2. The van der Waals surface area contributed by atoms with Gasteiger partial charge in [-0.1, -0.05) is 24.8 Å². The molecule has 5 nitrogen and oxygen atoms in total. The van der Waals surface area contributed by atoms with Gasteiger partial charge in [0, 0.05) is 66.7 Å². The van der Waals surface area contributed by atoms with Gasteiger partial charge in [-0.05, 0) is 29.3 Å². The van der Waals surface area contributed by atoms with Crippen molar-refractivity contribution >= 4 is 27.4 Å². The summed E-state index contributed by atoms with van der Waals surface area (Å²) >= 11 is 0. The number of piperidine rings is 1. The molecule has 2 aromatic carbocycles. The SMILES string of the molecule is C=C(c1ccc2c(-c3ccc4c(=O)[nH]ncc4c3)cn(C)c2c1)N1CCC(F)(F)CC1. The highest BCUT2D eigenvalue weighted by Gasteiger charge is 2.34. The Morgan fingerprint density at radius 1 is 1.13 bits per heavy atom.